The number of carbonyl (C=O) groups excluding carboxylic acids is 1. The Morgan fingerprint density at radius 1 is 1.55 bits per heavy atom. The number of anilines is 1. The molecule has 1 saturated heterocycles. The van der Waals surface area contributed by atoms with E-state index in [-0.39, 0.29) is 5.91 Å². The van der Waals surface area contributed by atoms with Crippen LogP contribution in [-0.4, -0.2) is 44.1 Å². The first-order valence-electron chi connectivity index (χ1n) is 7.64. The fourth-order valence-corrected chi connectivity index (χ4v) is 2.99. The third-order valence-corrected chi connectivity index (χ3v) is 4.35. The molecule has 0 spiro atoms. The number of amides is 1. The van der Waals surface area contributed by atoms with Crippen LogP contribution >= 0.6 is 11.6 Å². The molecule has 1 heterocycles. The average Bonchev–Trinajstić information content (AvgIpc) is 2.49. The number of nitrogen functional groups attached to an aromatic ring is 1. The summed E-state index contributed by atoms with van der Waals surface area (Å²) in [5, 5.41) is 3.28. The summed E-state index contributed by atoms with van der Waals surface area (Å²) >= 11 is 5.99. The van der Waals surface area contributed by atoms with Crippen LogP contribution in [0.4, 0.5) is 5.69 Å². The standard InChI is InChI=1S/C16H24ClN3O2/c1-11-4-3-6-20(10-11)7-5-19-16(21)12-8-13(17)14(18)9-15(12)22-2/h8-9,11H,3-7,10,18H2,1-2H3,(H,19,21). The van der Waals surface area contributed by atoms with Gasteiger partial charge in [-0.15, -0.1) is 0 Å². The number of rotatable bonds is 5. The molecule has 0 radical (unpaired) electrons. The Kier molecular flexibility index (Phi) is 5.91. The first-order valence-corrected chi connectivity index (χ1v) is 8.02. The molecule has 3 N–H and O–H groups in total. The zero-order valence-electron chi connectivity index (χ0n) is 13.2. The molecule has 2 rings (SSSR count). The maximum Gasteiger partial charge on any atom is 0.255 e. The van der Waals surface area contributed by atoms with E-state index in [1.165, 1.54) is 20.0 Å². The zero-order chi connectivity index (χ0) is 16.1. The number of methoxy groups -OCH3 is 1. The summed E-state index contributed by atoms with van der Waals surface area (Å²) in [5.41, 5.74) is 6.54. The topological polar surface area (TPSA) is 67.6 Å². The Hall–Kier alpha value is -1.46. The summed E-state index contributed by atoms with van der Waals surface area (Å²) in [6.07, 6.45) is 2.53. The van der Waals surface area contributed by atoms with Crippen molar-refractivity contribution in [3.05, 3.63) is 22.7 Å². The van der Waals surface area contributed by atoms with Gasteiger partial charge in [-0.1, -0.05) is 18.5 Å². The molecule has 1 unspecified atom stereocenters. The summed E-state index contributed by atoms with van der Waals surface area (Å²) in [4.78, 5) is 14.7. The van der Waals surface area contributed by atoms with E-state index in [0.717, 1.165) is 25.6 Å². The number of carbonyl (C=O) groups is 1. The predicted octanol–water partition coefficient (Wildman–Crippen LogP) is 2.39. The zero-order valence-corrected chi connectivity index (χ0v) is 13.9. The molecule has 5 nitrogen and oxygen atoms in total. The monoisotopic (exact) mass is 325 g/mol. The summed E-state index contributed by atoms with van der Waals surface area (Å²) in [6, 6.07) is 3.12. The second-order valence-corrected chi connectivity index (χ2v) is 6.29. The molecule has 1 amide bonds. The molecule has 122 valence electrons. The highest BCUT2D eigenvalue weighted by Crippen LogP contribution is 2.28. The van der Waals surface area contributed by atoms with E-state index in [1.54, 1.807) is 12.1 Å². The lowest BCUT2D eigenvalue weighted by Crippen LogP contribution is -2.40. The van der Waals surface area contributed by atoms with Crippen molar-refractivity contribution < 1.29 is 9.53 Å². The lowest BCUT2D eigenvalue weighted by atomic mass is 10.0. The van der Waals surface area contributed by atoms with Crippen LogP contribution in [0.1, 0.15) is 30.1 Å². The van der Waals surface area contributed by atoms with Gasteiger partial charge in [0, 0.05) is 25.7 Å². The van der Waals surface area contributed by atoms with Gasteiger partial charge in [-0.2, -0.15) is 0 Å². The van der Waals surface area contributed by atoms with Gasteiger partial charge < -0.3 is 20.7 Å². The molecule has 6 heteroatoms. The number of likely N-dealkylation sites (tertiary alicyclic amines) is 1. The number of piperidine rings is 1. The van der Waals surface area contributed by atoms with E-state index in [0.29, 0.717) is 28.6 Å². The van der Waals surface area contributed by atoms with Crippen molar-refractivity contribution in [1.82, 2.24) is 10.2 Å². The molecule has 0 bridgehead atoms. The highest BCUT2D eigenvalue weighted by Gasteiger charge is 2.17. The summed E-state index contributed by atoms with van der Waals surface area (Å²) < 4.78 is 5.20. The maximum atomic E-state index is 12.3. The fourth-order valence-electron chi connectivity index (χ4n) is 2.83. The Balaban J connectivity index is 1.91. The summed E-state index contributed by atoms with van der Waals surface area (Å²) in [6.45, 7) is 5.95. The van der Waals surface area contributed by atoms with Crippen molar-refractivity contribution in [2.75, 3.05) is 39.0 Å². The molecular formula is C16H24ClN3O2. The molecule has 22 heavy (non-hydrogen) atoms. The van der Waals surface area contributed by atoms with Crippen LogP contribution in [0, 0.1) is 5.92 Å². The van der Waals surface area contributed by atoms with Crippen molar-refractivity contribution in [3.8, 4) is 5.75 Å². The van der Waals surface area contributed by atoms with E-state index in [9.17, 15) is 4.79 Å². The number of ether oxygens (including phenoxy) is 1. The summed E-state index contributed by atoms with van der Waals surface area (Å²) in [5.74, 6) is 0.982. The van der Waals surface area contributed by atoms with Gasteiger partial charge in [-0.3, -0.25) is 4.79 Å². The minimum absolute atomic E-state index is 0.191. The van der Waals surface area contributed by atoms with Crippen LogP contribution in [0.3, 0.4) is 0 Å². The highest BCUT2D eigenvalue weighted by atomic mass is 35.5. The van der Waals surface area contributed by atoms with Gasteiger partial charge in [0.15, 0.2) is 0 Å². The molecule has 0 aliphatic carbocycles. The van der Waals surface area contributed by atoms with Gasteiger partial charge in [-0.05, 0) is 31.4 Å². The molecule has 1 aliphatic heterocycles. The molecular weight excluding hydrogens is 302 g/mol. The predicted molar refractivity (Wildman–Crippen MR) is 89.6 cm³/mol. The van der Waals surface area contributed by atoms with Gasteiger partial charge in [0.2, 0.25) is 0 Å². The van der Waals surface area contributed by atoms with Crippen LogP contribution in [0.2, 0.25) is 5.02 Å². The number of hydrogen-bond donors (Lipinski definition) is 2. The normalized spacial score (nSPS) is 19.0. The quantitative estimate of drug-likeness (QED) is 0.816. The minimum Gasteiger partial charge on any atom is -0.496 e. The second-order valence-electron chi connectivity index (χ2n) is 5.88. The van der Waals surface area contributed by atoms with Gasteiger partial charge in [0.25, 0.3) is 5.91 Å². The van der Waals surface area contributed by atoms with Crippen LogP contribution < -0.4 is 15.8 Å². The maximum absolute atomic E-state index is 12.3. The average molecular weight is 326 g/mol. The smallest absolute Gasteiger partial charge is 0.255 e. The van der Waals surface area contributed by atoms with E-state index in [4.69, 9.17) is 22.1 Å². The van der Waals surface area contributed by atoms with Crippen molar-refractivity contribution in [3.63, 3.8) is 0 Å². The largest absolute Gasteiger partial charge is 0.496 e. The Morgan fingerprint density at radius 3 is 3.00 bits per heavy atom. The molecule has 1 fully saturated rings. The number of halogens is 1. The Bertz CT molecular complexity index is 536. The van der Waals surface area contributed by atoms with Gasteiger partial charge in [-0.25, -0.2) is 0 Å². The fraction of sp³-hybridized carbons (Fsp3) is 0.562. The van der Waals surface area contributed by atoms with Gasteiger partial charge in [0.05, 0.1) is 23.4 Å². The third kappa shape index (κ3) is 4.27. The lowest BCUT2D eigenvalue weighted by Gasteiger charge is -2.30. The van der Waals surface area contributed by atoms with E-state index >= 15 is 0 Å². The molecule has 1 atom stereocenters. The first-order chi connectivity index (χ1) is 10.5. The molecule has 1 aliphatic rings. The molecule has 1 aromatic rings. The molecule has 1 aromatic carbocycles. The van der Waals surface area contributed by atoms with E-state index in [2.05, 4.69) is 17.1 Å². The number of hydrogen-bond acceptors (Lipinski definition) is 4. The SMILES string of the molecule is COc1cc(N)c(Cl)cc1C(=O)NCCN1CCCC(C)C1. The minimum atomic E-state index is -0.191. The van der Waals surface area contributed by atoms with E-state index < -0.39 is 0 Å². The lowest BCUT2D eigenvalue weighted by molar-refractivity contribution is 0.0941. The molecule has 0 aromatic heterocycles. The molecule has 0 saturated carbocycles. The number of benzene rings is 1. The van der Waals surface area contributed by atoms with Crippen molar-refractivity contribution in [1.29, 1.82) is 0 Å². The highest BCUT2D eigenvalue weighted by molar-refractivity contribution is 6.33. The van der Waals surface area contributed by atoms with Gasteiger partial charge >= 0.3 is 0 Å². The van der Waals surface area contributed by atoms with Gasteiger partial charge in [0.1, 0.15) is 5.75 Å². The second kappa shape index (κ2) is 7.70. The third-order valence-electron chi connectivity index (χ3n) is 4.02. The van der Waals surface area contributed by atoms with Crippen LogP contribution in [0.25, 0.3) is 0 Å². The van der Waals surface area contributed by atoms with Crippen LogP contribution in [-0.2, 0) is 0 Å². The Labute approximate surface area is 136 Å². The van der Waals surface area contributed by atoms with Crippen molar-refractivity contribution in [2.45, 2.75) is 19.8 Å². The first kappa shape index (κ1) is 16.9. The van der Waals surface area contributed by atoms with Crippen molar-refractivity contribution in [2.24, 2.45) is 5.92 Å². The Morgan fingerprint density at radius 2 is 2.32 bits per heavy atom. The van der Waals surface area contributed by atoms with Crippen LogP contribution in [0.5, 0.6) is 5.75 Å². The number of nitrogens with one attached hydrogen (secondary N) is 1. The summed E-state index contributed by atoms with van der Waals surface area (Å²) in [7, 11) is 1.51. The number of nitrogens with two attached hydrogens (primary N) is 1. The number of nitrogens with zero attached hydrogens (tertiary/aromatic N) is 1. The van der Waals surface area contributed by atoms with Crippen LogP contribution in [0.15, 0.2) is 12.1 Å². The van der Waals surface area contributed by atoms with Crippen molar-refractivity contribution >= 4 is 23.2 Å². The van der Waals surface area contributed by atoms with E-state index in [1.807, 2.05) is 0 Å².